The minimum Gasteiger partial charge on any atom is -0.494 e. The number of alkyl halides is 3. The molecule has 1 aliphatic rings. The highest BCUT2D eigenvalue weighted by Gasteiger charge is 2.42. The number of benzene rings is 4. The Morgan fingerprint density at radius 1 is 0.917 bits per heavy atom. The molecular formula is C54H60F3N7O7S. The van der Waals surface area contributed by atoms with Crippen LogP contribution in [0.3, 0.4) is 0 Å². The van der Waals surface area contributed by atoms with Crippen LogP contribution in [0.4, 0.5) is 24.5 Å². The Kier molecular flexibility index (Phi) is 17.6. The number of nitrogens with one attached hydrogen (secondary N) is 2. The first kappa shape index (κ1) is 54.2. The Balaban J connectivity index is 0.914. The van der Waals surface area contributed by atoms with Crippen LogP contribution in [0, 0.1) is 23.7 Å². The molecule has 72 heavy (non-hydrogen) atoms. The lowest BCUT2D eigenvalue weighted by molar-refractivity contribution is -0.144. The molecule has 0 bridgehead atoms. The molecule has 0 aliphatic carbocycles. The molecule has 1 unspecified atom stereocenters. The van der Waals surface area contributed by atoms with Gasteiger partial charge in [-0.1, -0.05) is 81.5 Å². The molecule has 14 nitrogen and oxygen atoms in total. The monoisotopic (exact) mass is 1010 g/mol. The summed E-state index contributed by atoms with van der Waals surface area (Å²) in [6, 6.07) is 25.7. The molecular weight excluding hydrogens is 948 g/mol. The molecule has 1 aromatic heterocycles. The second kappa shape index (κ2) is 23.4. The molecule has 2 N–H and O–H groups in total. The van der Waals surface area contributed by atoms with Gasteiger partial charge >= 0.3 is 6.18 Å². The average Bonchev–Trinajstić information content (AvgIpc) is 4.04. The summed E-state index contributed by atoms with van der Waals surface area (Å²) in [6.45, 7) is 12.0. The van der Waals surface area contributed by atoms with Gasteiger partial charge < -0.3 is 34.3 Å². The van der Waals surface area contributed by atoms with Crippen LogP contribution in [0.1, 0.15) is 82.7 Å². The second-order valence-corrected chi connectivity index (χ2v) is 19.4. The zero-order valence-electron chi connectivity index (χ0n) is 41.5. The molecule has 0 radical (unpaired) electrons. The van der Waals surface area contributed by atoms with Crippen LogP contribution in [0.25, 0.3) is 22.5 Å². The number of ether oxygens (including phenoxy) is 2. The normalized spacial score (nSPS) is 14.2. The molecule has 18 heteroatoms. The number of amides is 4. The molecule has 1 aliphatic heterocycles. The number of likely N-dealkylation sites (tertiary alicyclic amines) is 1. The maximum absolute atomic E-state index is 14.0. The number of oxazole rings is 1. The van der Waals surface area contributed by atoms with Gasteiger partial charge in [-0.05, 0) is 111 Å². The number of aryl methyl sites for hydroxylation is 1. The van der Waals surface area contributed by atoms with Crippen molar-refractivity contribution in [3.05, 3.63) is 120 Å². The summed E-state index contributed by atoms with van der Waals surface area (Å²) in [6.07, 6.45) is -0.908. The average molecular weight is 1010 g/mol. The summed E-state index contributed by atoms with van der Waals surface area (Å²) >= 11 is 5.07. The molecule has 6 rings (SSSR count). The Morgan fingerprint density at radius 3 is 2.14 bits per heavy atom. The van der Waals surface area contributed by atoms with Gasteiger partial charge in [0, 0.05) is 43.7 Å². The highest BCUT2D eigenvalue weighted by molar-refractivity contribution is 7.79. The lowest BCUT2D eigenvalue weighted by Gasteiger charge is -2.38. The van der Waals surface area contributed by atoms with Crippen LogP contribution >= 0.6 is 12.2 Å². The largest absolute Gasteiger partial charge is 0.494 e. The fourth-order valence-electron chi connectivity index (χ4n) is 8.26. The standard InChI is InChI=1S/C54H60F3N7O7S/c1-35-47(71-33-60-35)39-14-12-36(13-15-39)31-59-49(66)45-11-10-26-63(45)50(67)48(52(2,3)4)61-46(65)32-69-27-8-9-28-70-43-24-19-38(20-25-43)37-16-21-41(22-17-37)62(7)53(5,6)51(68)64(34-72)42-23-18-40(30-58)44(29-42)54(55,56)57/h12-25,29,33-34,45,48H,8-11,26-28,31-32H2,1-7H3,(H,59,66)(H,61,65)/t45-,48?/m0/s1. The van der Waals surface area contributed by atoms with Gasteiger partial charge in [0.05, 0.1) is 35.0 Å². The minimum absolute atomic E-state index is 0.105. The molecule has 5 aromatic rings. The Labute approximate surface area is 423 Å². The van der Waals surface area contributed by atoms with E-state index in [0.29, 0.717) is 69.2 Å². The van der Waals surface area contributed by atoms with Gasteiger partial charge in [0.1, 0.15) is 30.0 Å². The second-order valence-electron chi connectivity index (χ2n) is 19.2. The molecule has 0 spiro atoms. The third-order valence-corrected chi connectivity index (χ3v) is 12.9. The first-order valence-electron chi connectivity index (χ1n) is 23.6. The Hall–Kier alpha value is -7.10. The van der Waals surface area contributed by atoms with Crippen molar-refractivity contribution >= 4 is 52.7 Å². The van der Waals surface area contributed by atoms with Gasteiger partial charge in [-0.25, -0.2) is 4.98 Å². The van der Waals surface area contributed by atoms with Crippen molar-refractivity contribution in [1.29, 1.82) is 5.26 Å². The van der Waals surface area contributed by atoms with E-state index in [2.05, 4.69) is 15.6 Å². The number of likely N-dealkylation sites (N-methyl/N-ethyl adjacent to an activating group) is 1. The SMILES string of the molecule is Cc1ncoc1-c1ccc(CNC(=O)[C@@H]2CCCN2C(=O)C(NC(=O)COCCCCOc2ccc(-c3ccc(N(C)C(C)(C)C(=O)N(C=S)c4ccc(C#N)c(C(F)(F)F)c4)cc3)cc2)C(C)(C)C)cc1. The van der Waals surface area contributed by atoms with E-state index in [9.17, 15) is 37.6 Å². The van der Waals surface area contributed by atoms with Crippen molar-refractivity contribution in [1.82, 2.24) is 20.5 Å². The van der Waals surface area contributed by atoms with Crippen molar-refractivity contribution in [2.75, 3.05) is 43.2 Å². The molecule has 2 atom stereocenters. The topological polar surface area (TPSA) is 170 Å². The van der Waals surface area contributed by atoms with Gasteiger partial charge in [0.25, 0.3) is 5.91 Å². The number of halogens is 3. The minimum atomic E-state index is -4.80. The number of carbonyl (C=O) groups is 4. The zero-order chi connectivity index (χ0) is 52.4. The lowest BCUT2D eigenvalue weighted by atomic mass is 9.85. The summed E-state index contributed by atoms with van der Waals surface area (Å²) in [7, 11) is 1.71. The van der Waals surface area contributed by atoms with Gasteiger partial charge in [0.2, 0.25) is 17.7 Å². The van der Waals surface area contributed by atoms with Crippen LogP contribution < -0.4 is 25.2 Å². The number of anilines is 2. The van der Waals surface area contributed by atoms with Crippen LogP contribution in [0.15, 0.2) is 102 Å². The fourth-order valence-corrected chi connectivity index (χ4v) is 8.48. The van der Waals surface area contributed by atoms with Gasteiger partial charge in [-0.2, -0.15) is 18.4 Å². The molecule has 0 saturated carbocycles. The first-order valence-corrected chi connectivity index (χ1v) is 24.0. The number of hydrogen-bond acceptors (Lipinski definition) is 11. The molecule has 2 heterocycles. The summed E-state index contributed by atoms with van der Waals surface area (Å²) < 4.78 is 58.2. The van der Waals surface area contributed by atoms with Crippen LogP contribution in [-0.4, -0.2) is 90.0 Å². The summed E-state index contributed by atoms with van der Waals surface area (Å²) in [5.41, 5.74) is 2.35. The maximum atomic E-state index is 14.0. The summed E-state index contributed by atoms with van der Waals surface area (Å²) in [5.74, 6) is -0.182. The van der Waals surface area contributed by atoms with Crippen LogP contribution in [0.5, 0.6) is 5.75 Å². The summed E-state index contributed by atoms with van der Waals surface area (Å²) in [4.78, 5) is 62.6. The fraction of sp³-hybridized carbons (Fsp3) is 0.389. The van der Waals surface area contributed by atoms with E-state index in [-0.39, 0.29) is 24.1 Å². The van der Waals surface area contributed by atoms with E-state index < -0.39 is 52.2 Å². The predicted octanol–water partition coefficient (Wildman–Crippen LogP) is 9.43. The number of nitrogens with zero attached hydrogens (tertiary/aromatic N) is 5. The smallest absolute Gasteiger partial charge is 0.417 e. The quantitative estimate of drug-likeness (QED) is 0.0563. The highest BCUT2D eigenvalue weighted by Crippen LogP contribution is 2.36. The van der Waals surface area contributed by atoms with E-state index >= 15 is 0 Å². The predicted molar refractivity (Wildman–Crippen MR) is 272 cm³/mol. The third kappa shape index (κ3) is 13.2. The van der Waals surface area contributed by atoms with E-state index in [1.165, 1.54) is 12.5 Å². The lowest BCUT2D eigenvalue weighted by Crippen LogP contribution is -2.58. The number of hydrogen-bond donors (Lipinski definition) is 2. The maximum Gasteiger partial charge on any atom is 0.417 e. The molecule has 1 fully saturated rings. The number of carbonyl (C=O) groups excluding carboxylic acids is 4. The van der Waals surface area contributed by atoms with Gasteiger partial charge in [-0.3, -0.25) is 24.1 Å². The number of aromatic nitrogens is 1. The Morgan fingerprint density at radius 2 is 1.54 bits per heavy atom. The molecule has 4 amide bonds. The number of rotatable bonds is 20. The van der Waals surface area contributed by atoms with E-state index in [4.69, 9.17) is 26.1 Å². The highest BCUT2D eigenvalue weighted by atomic mass is 32.1. The molecule has 380 valence electrons. The van der Waals surface area contributed by atoms with Crippen molar-refractivity contribution in [3.8, 4) is 34.3 Å². The number of nitriles is 1. The molecule has 1 saturated heterocycles. The van der Waals surface area contributed by atoms with Crippen LogP contribution in [0.2, 0.25) is 0 Å². The summed E-state index contributed by atoms with van der Waals surface area (Å²) in [5, 5.41) is 15.0. The third-order valence-electron chi connectivity index (χ3n) is 12.7. The molecule has 4 aromatic carbocycles. The number of unbranched alkanes of at least 4 members (excludes halogenated alkanes) is 1. The van der Waals surface area contributed by atoms with Crippen molar-refractivity contribution in [2.45, 2.75) is 97.6 Å². The van der Waals surface area contributed by atoms with Gasteiger partial charge in [0.15, 0.2) is 12.2 Å². The number of thiocarbonyl (C=S) groups is 1. The van der Waals surface area contributed by atoms with E-state index in [0.717, 1.165) is 50.5 Å². The Bertz CT molecular complexity index is 2750. The van der Waals surface area contributed by atoms with E-state index in [1.54, 1.807) is 36.8 Å². The van der Waals surface area contributed by atoms with Crippen molar-refractivity contribution in [2.24, 2.45) is 5.41 Å². The zero-order valence-corrected chi connectivity index (χ0v) is 42.3. The van der Waals surface area contributed by atoms with Crippen LogP contribution in [-0.2, 0) is 36.6 Å². The first-order chi connectivity index (χ1) is 34.1. The van der Waals surface area contributed by atoms with Crippen molar-refractivity contribution in [3.63, 3.8) is 0 Å². The van der Waals surface area contributed by atoms with Crippen molar-refractivity contribution < 1.29 is 46.2 Å². The van der Waals surface area contributed by atoms with E-state index in [1.807, 2.05) is 100 Å². The van der Waals surface area contributed by atoms with Gasteiger partial charge in [-0.15, -0.1) is 0 Å².